The van der Waals surface area contributed by atoms with Crippen LogP contribution in [0.15, 0.2) is 24.3 Å². The number of carbonyl (C=O) groups excluding carboxylic acids is 4. The van der Waals surface area contributed by atoms with Gasteiger partial charge in [0.2, 0.25) is 0 Å². The van der Waals surface area contributed by atoms with Gasteiger partial charge >= 0.3 is 39.5 Å². The first-order valence-electron chi connectivity index (χ1n) is 39.8. The third-order valence-electron chi connectivity index (χ3n) is 17.9. The van der Waals surface area contributed by atoms with Gasteiger partial charge in [0.15, 0.2) is 12.2 Å². The summed E-state index contributed by atoms with van der Waals surface area (Å²) in [5.74, 6) is -0.574. The van der Waals surface area contributed by atoms with Crippen molar-refractivity contribution in [3.05, 3.63) is 24.3 Å². The van der Waals surface area contributed by atoms with Crippen LogP contribution in [-0.2, 0) is 65.4 Å². The fourth-order valence-electron chi connectivity index (χ4n) is 11.4. The Bertz CT molecular complexity index is 1970. The molecule has 0 aliphatic heterocycles. The second-order valence-corrected chi connectivity index (χ2v) is 31.0. The molecule has 0 aliphatic carbocycles. The SMILES string of the molecule is CCCCCC/C=C\C=C/CCCCCCCC(=O)OC[C@H](COP(=O)(O)OC[C@@H](O)COP(=O)(O)OC[C@@H](COC(=O)CCCCCCCCCCC(C)C)OC(=O)CCCCCCCCCCCCCCC)OC(=O)CCCCCCCCCCCCCCCCC(C)CC. The number of aliphatic hydroxyl groups is 1. The van der Waals surface area contributed by atoms with E-state index < -0.39 is 97.5 Å². The van der Waals surface area contributed by atoms with E-state index in [0.29, 0.717) is 25.7 Å². The molecule has 97 heavy (non-hydrogen) atoms. The summed E-state index contributed by atoms with van der Waals surface area (Å²) in [4.78, 5) is 72.9. The highest BCUT2D eigenvalue weighted by atomic mass is 31.2. The second kappa shape index (κ2) is 69.3. The van der Waals surface area contributed by atoms with Gasteiger partial charge in [-0.2, -0.15) is 0 Å². The molecule has 572 valence electrons. The molecule has 3 unspecified atom stereocenters. The van der Waals surface area contributed by atoms with Gasteiger partial charge in [-0.3, -0.25) is 37.3 Å². The number of hydrogen-bond donors (Lipinski definition) is 3. The summed E-state index contributed by atoms with van der Waals surface area (Å²) in [7, 11) is -9.93. The minimum Gasteiger partial charge on any atom is -0.462 e. The van der Waals surface area contributed by atoms with Gasteiger partial charge in [0.1, 0.15) is 19.3 Å². The highest BCUT2D eigenvalue weighted by Gasteiger charge is 2.30. The Balaban J connectivity index is 5.29. The zero-order valence-corrected chi connectivity index (χ0v) is 64.7. The quantitative estimate of drug-likeness (QED) is 0.0169. The number of phosphoric acid groups is 2. The number of aliphatic hydroxyl groups excluding tert-OH is 1. The molecular formula is C78H148O17P2. The van der Waals surface area contributed by atoms with Crippen LogP contribution in [0.2, 0.25) is 0 Å². The van der Waals surface area contributed by atoms with E-state index in [4.69, 9.17) is 37.0 Å². The number of ether oxygens (including phenoxy) is 4. The highest BCUT2D eigenvalue weighted by Crippen LogP contribution is 2.45. The number of phosphoric ester groups is 2. The second-order valence-electron chi connectivity index (χ2n) is 28.1. The molecule has 0 bridgehead atoms. The van der Waals surface area contributed by atoms with Gasteiger partial charge in [-0.25, -0.2) is 9.13 Å². The Kier molecular flexibility index (Phi) is 67.5. The molecule has 0 saturated heterocycles. The van der Waals surface area contributed by atoms with Gasteiger partial charge in [0, 0.05) is 25.7 Å². The lowest BCUT2D eigenvalue weighted by molar-refractivity contribution is -0.161. The van der Waals surface area contributed by atoms with Gasteiger partial charge in [-0.15, -0.1) is 0 Å². The first kappa shape index (κ1) is 94.5. The molecule has 19 heteroatoms. The third kappa shape index (κ3) is 70.4. The monoisotopic (exact) mass is 1420 g/mol. The van der Waals surface area contributed by atoms with Gasteiger partial charge in [0.05, 0.1) is 26.4 Å². The summed E-state index contributed by atoms with van der Waals surface area (Å²) in [5, 5.41) is 10.6. The lowest BCUT2D eigenvalue weighted by Crippen LogP contribution is -2.30. The van der Waals surface area contributed by atoms with Crippen LogP contribution in [0.5, 0.6) is 0 Å². The van der Waals surface area contributed by atoms with E-state index in [2.05, 4.69) is 65.8 Å². The van der Waals surface area contributed by atoms with Crippen molar-refractivity contribution >= 4 is 39.5 Å². The predicted molar refractivity (Wildman–Crippen MR) is 395 cm³/mol. The number of esters is 4. The normalized spacial score (nSPS) is 14.4. The minimum absolute atomic E-state index is 0.101. The number of rotatable bonds is 75. The Morgan fingerprint density at radius 2 is 0.608 bits per heavy atom. The molecular weight excluding hydrogens is 1270 g/mol. The van der Waals surface area contributed by atoms with E-state index in [1.165, 1.54) is 180 Å². The molecule has 6 atom stereocenters. The number of carbonyl (C=O) groups is 4. The van der Waals surface area contributed by atoms with Crippen LogP contribution in [0.25, 0.3) is 0 Å². The Hall–Kier alpha value is -2.46. The topological polar surface area (TPSA) is 237 Å². The third-order valence-corrected chi connectivity index (χ3v) is 19.8. The van der Waals surface area contributed by atoms with Crippen molar-refractivity contribution in [2.24, 2.45) is 11.8 Å². The van der Waals surface area contributed by atoms with Crippen molar-refractivity contribution in [3.63, 3.8) is 0 Å². The zero-order chi connectivity index (χ0) is 71.4. The fraction of sp³-hybridized carbons (Fsp3) is 0.897. The van der Waals surface area contributed by atoms with E-state index in [1.54, 1.807) is 0 Å². The summed E-state index contributed by atoms with van der Waals surface area (Å²) in [6.45, 7) is 9.56. The largest absolute Gasteiger partial charge is 0.472 e. The van der Waals surface area contributed by atoms with Crippen molar-refractivity contribution in [3.8, 4) is 0 Å². The van der Waals surface area contributed by atoms with Crippen LogP contribution in [-0.4, -0.2) is 96.7 Å². The maximum atomic E-state index is 13.1. The smallest absolute Gasteiger partial charge is 0.462 e. The van der Waals surface area contributed by atoms with Gasteiger partial charge in [-0.1, -0.05) is 329 Å². The summed E-state index contributed by atoms with van der Waals surface area (Å²) < 4.78 is 68.6. The Morgan fingerprint density at radius 3 is 0.928 bits per heavy atom. The van der Waals surface area contributed by atoms with Gasteiger partial charge in [-0.05, 0) is 63.2 Å². The summed E-state index contributed by atoms with van der Waals surface area (Å²) in [6.07, 6.45) is 60.3. The standard InChI is InChI=1S/C78H148O17P2/c1-7-10-12-14-16-18-20-22-23-28-31-35-42-48-54-60-75(80)88-66-73(94-78(83)63-57-51-45-37-33-29-25-24-27-30-34-41-47-53-59-71(6)9-3)68-92-96(84,85)90-64-72(79)65-91-97(86,87)93-69-74(67-89-76(81)61-55-49-43-39-38-40-46-52-58-70(4)5)95-77(82)62-56-50-44-36-32-26-21-19-17-15-13-11-8-2/h18,20,22-23,70-74,79H,7-17,19,21,24-69H2,1-6H3,(H,84,85)(H,86,87)/b20-18-,23-22-/t71?,72-,73-,74-/m1/s1. The maximum Gasteiger partial charge on any atom is 0.472 e. The minimum atomic E-state index is -4.97. The molecule has 0 radical (unpaired) electrons. The number of allylic oxidation sites excluding steroid dienone is 4. The van der Waals surface area contributed by atoms with Crippen molar-refractivity contribution in [1.82, 2.24) is 0 Å². The maximum absolute atomic E-state index is 13.1. The number of unbranched alkanes of at least 4 members (excludes halogenated alkanes) is 41. The molecule has 0 aromatic heterocycles. The lowest BCUT2D eigenvalue weighted by Gasteiger charge is -2.21. The molecule has 0 heterocycles. The van der Waals surface area contributed by atoms with Crippen LogP contribution in [0.4, 0.5) is 0 Å². The van der Waals surface area contributed by atoms with Crippen molar-refractivity contribution in [2.45, 2.75) is 400 Å². The van der Waals surface area contributed by atoms with Crippen molar-refractivity contribution in [1.29, 1.82) is 0 Å². The average molecular weight is 1420 g/mol. The first-order chi connectivity index (χ1) is 46.9. The van der Waals surface area contributed by atoms with Crippen molar-refractivity contribution < 1.29 is 80.2 Å². The van der Waals surface area contributed by atoms with E-state index in [9.17, 15) is 43.2 Å². The molecule has 0 aliphatic rings. The molecule has 0 aromatic rings. The highest BCUT2D eigenvalue weighted by molar-refractivity contribution is 7.47. The van der Waals surface area contributed by atoms with Crippen LogP contribution in [0.3, 0.4) is 0 Å². The van der Waals surface area contributed by atoms with E-state index >= 15 is 0 Å². The zero-order valence-electron chi connectivity index (χ0n) is 62.9. The molecule has 17 nitrogen and oxygen atoms in total. The van der Waals surface area contributed by atoms with Crippen LogP contribution < -0.4 is 0 Å². The van der Waals surface area contributed by atoms with Crippen LogP contribution in [0, 0.1) is 11.8 Å². The van der Waals surface area contributed by atoms with Crippen LogP contribution in [0.1, 0.15) is 382 Å². The Labute approximate surface area is 592 Å². The summed E-state index contributed by atoms with van der Waals surface area (Å²) in [5.41, 5.74) is 0. The Morgan fingerprint density at radius 1 is 0.340 bits per heavy atom. The summed E-state index contributed by atoms with van der Waals surface area (Å²) in [6, 6.07) is 0. The van der Waals surface area contributed by atoms with Crippen LogP contribution >= 0.6 is 15.6 Å². The van der Waals surface area contributed by atoms with Crippen molar-refractivity contribution in [2.75, 3.05) is 39.6 Å². The van der Waals surface area contributed by atoms with Gasteiger partial charge in [0.25, 0.3) is 0 Å². The van der Waals surface area contributed by atoms with Gasteiger partial charge < -0.3 is 33.8 Å². The molecule has 3 N–H and O–H groups in total. The molecule has 0 spiro atoms. The molecule has 0 aromatic carbocycles. The number of hydrogen-bond acceptors (Lipinski definition) is 15. The predicted octanol–water partition coefficient (Wildman–Crippen LogP) is 22.7. The summed E-state index contributed by atoms with van der Waals surface area (Å²) >= 11 is 0. The first-order valence-corrected chi connectivity index (χ1v) is 42.8. The molecule has 0 rings (SSSR count). The lowest BCUT2D eigenvalue weighted by atomic mass is 9.99. The molecule has 0 amide bonds. The molecule has 0 fully saturated rings. The van der Waals surface area contributed by atoms with E-state index in [-0.39, 0.29) is 25.7 Å². The average Bonchev–Trinajstić information content (AvgIpc) is 1.73. The fourth-order valence-corrected chi connectivity index (χ4v) is 13.0. The molecule has 0 saturated carbocycles. The van der Waals surface area contributed by atoms with E-state index in [0.717, 1.165) is 121 Å². The van der Waals surface area contributed by atoms with E-state index in [1.807, 2.05) is 0 Å².